The number of carbonyl (C=O) groups is 1. The molecule has 1 heterocycles. The first kappa shape index (κ1) is 15.9. The van der Waals surface area contributed by atoms with E-state index in [1.165, 1.54) is 4.57 Å². The van der Waals surface area contributed by atoms with E-state index in [0.717, 1.165) is 16.9 Å². The first-order valence-corrected chi connectivity index (χ1v) is 7.60. The lowest BCUT2D eigenvalue weighted by Crippen LogP contribution is -2.15. The molecule has 1 amide bonds. The smallest absolute Gasteiger partial charge is 0.408 e. The molecular weight excluding hydrogens is 306 g/mol. The van der Waals surface area contributed by atoms with E-state index in [0.29, 0.717) is 11.1 Å². The fraction of sp³-hybridized carbons (Fsp3) is 0.222. The number of anilines is 2. The number of fused-ring (bicyclic) bond motifs is 1. The van der Waals surface area contributed by atoms with Crippen LogP contribution in [0.1, 0.15) is 5.56 Å². The molecule has 0 saturated carbocycles. The lowest BCUT2D eigenvalue weighted by Gasteiger charge is -2.13. The summed E-state index contributed by atoms with van der Waals surface area (Å²) in [5, 5.41) is 2.88. The molecule has 3 aromatic rings. The molecule has 0 radical (unpaired) electrons. The molecule has 124 valence electrons. The van der Waals surface area contributed by atoms with Crippen molar-refractivity contribution < 1.29 is 9.21 Å². The van der Waals surface area contributed by atoms with E-state index in [1.807, 2.05) is 43.3 Å². The molecule has 0 aliphatic heterocycles. The highest BCUT2D eigenvalue weighted by atomic mass is 16.4. The molecule has 6 nitrogen and oxygen atoms in total. The molecule has 0 spiro atoms. The van der Waals surface area contributed by atoms with Gasteiger partial charge in [-0.25, -0.2) is 4.79 Å². The van der Waals surface area contributed by atoms with Gasteiger partial charge in [-0.2, -0.15) is 0 Å². The molecule has 1 N–H and O–H groups in total. The fourth-order valence-electron chi connectivity index (χ4n) is 2.52. The van der Waals surface area contributed by atoms with E-state index < -0.39 is 5.76 Å². The van der Waals surface area contributed by atoms with Crippen LogP contribution >= 0.6 is 0 Å². The Morgan fingerprint density at radius 2 is 1.88 bits per heavy atom. The second-order valence-corrected chi connectivity index (χ2v) is 5.90. The molecule has 2 aromatic carbocycles. The lowest BCUT2D eigenvalue weighted by molar-refractivity contribution is -0.115. The molecule has 0 unspecified atom stereocenters. The van der Waals surface area contributed by atoms with Gasteiger partial charge in [0, 0.05) is 32.5 Å². The molecule has 0 saturated heterocycles. The summed E-state index contributed by atoms with van der Waals surface area (Å²) >= 11 is 0. The van der Waals surface area contributed by atoms with Crippen molar-refractivity contribution in [3.63, 3.8) is 0 Å². The summed E-state index contributed by atoms with van der Waals surface area (Å²) in [6.07, 6.45) is 0.227. The van der Waals surface area contributed by atoms with Crippen LogP contribution in [0.4, 0.5) is 11.4 Å². The summed E-state index contributed by atoms with van der Waals surface area (Å²) in [6, 6.07) is 12.9. The van der Waals surface area contributed by atoms with Crippen molar-refractivity contribution in [3.8, 4) is 0 Å². The zero-order chi connectivity index (χ0) is 17.3. The monoisotopic (exact) mass is 325 g/mol. The zero-order valence-corrected chi connectivity index (χ0v) is 13.9. The van der Waals surface area contributed by atoms with Gasteiger partial charge < -0.3 is 14.6 Å². The van der Waals surface area contributed by atoms with Crippen LogP contribution in [0.15, 0.2) is 51.7 Å². The van der Waals surface area contributed by atoms with Crippen LogP contribution in [0.5, 0.6) is 0 Å². The number of oxazole rings is 1. The number of nitrogens with one attached hydrogen (secondary N) is 1. The molecule has 24 heavy (non-hydrogen) atoms. The quantitative estimate of drug-likeness (QED) is 0.800. The Morgan fingerprint density at radius 1 is 1.17 bits per heavy atom. The first-order valence-electron chi connectivity index (χ1n) is 7.60. The number of hydrogen-bond acceptors (Lipinski definition) is 4. The maximum atomic E-state index is 12.2. The molecule has 0 atom stereocenters. The van der Waals surface area contributed by atoms with E-state index in [2.05, 4.69) is 5.32 Å². The van der Waals surface area contributed by atoms with Crippen LogP contribution in [0, 0.1) is 0 Å². The number of aryl methyl sites for hydroxylation is 1. The fourth-order valence-corrected chi connectivity index (χ4v) is 2.52. The van der Waals surface area contributed by atoms with Crippen molar-refractivity contribution in [2.75, 3.05) is 24.3 Å². The van der Waals surface area contributed by atoms with Crippen LogP contribution in [-0.2, 0) is 18.3 Å². The predicted molar refractivity (Wildman–Crippen MR) is 94.6 cm³/mol. The Bertz CT molecular complexity index is 936. The van der Waals surface area contributed by atoms with Gasteiger partial charge in [0.15, 0.2) is 5.58 Å². The Hall–Kier alpha value is -3.02. The van der Waals surface area contributed by atoms with Gasteiger partial charge in [-0.15, -0.1) is 0 Å². The largest absolute Gasteiger partial charge is 0.419 e. The molecule has 0 aliphatic rings. The van der Waals surface area contributed by atoms with Gasteiger partial charge in [0.1, 0.15) is 0 Å². The second kappa shape index (κ2) is 6.23. The summed E-state index contributed by atoms with van der Waals surface area (Å²) in [5.74, 6) is -0.520. The molecule has 0 aliphatic carbocycles. The average molecular weight is 325 g/mol. The number of amides is 1. The number of rotatable bonds is 4. The van der Waals surface area contributed by atoms with Crippen LogP contribution in [-0.4, -0.2) is 24.6 Å². The lowest BCUT2D eigenvalue weighted by atomic mass is 10.1. The molecule has 1 aromatic heterocycles. The third kappa shape index (κ3) is 3.17. The third-order valence-corrected chi connectivity index (χ3v) is 3.89. The van der Waals surface area contributed by atoms with Crippen molar-refractivity contribution in [2.45, 2.75) is 6.42 Å². The summed E-state index contributed by atoms with van der Waals surface area (Å²) in [5.41, 5.74) is 3.84. The Kier molecular flexibility index (Phi) is 4.12. The Balaban J connectivity index is 1.72. The average Bonchev–Trinajstić information content (AvgIpc) is 2.82. The van der Waals surface area contributed by atoms with Crippen molar-refractivity contribution >= 4 is 28.4 Å². The van der Waals surface area contributed by atoms with Crippen molar-refractivity contribution in [3.05, 3.63) is 58.6 Å². The highest BCUT2D eigenvalue weighted by Gasteiger charge is 2.09. The van der Waals surface area contributed by atoms with Gasteiger partial charge in [0.05, 0.1) is 11.9 Å². The minimum absolute atomic E-state index is 0.111. The van der Waals surface area contributed by atoms with Crippen molar-refractivity contribution in [2.24, 2.45) is 7.05 Å². The minimum Gasteiger partial charge on any atom is -0.408 e. The van der Waals surface area contributed by atoms with Gasteiger partial charge in [-0.3, -0.25) is 9.36 Å². The number of aromatic nitrogens is 1. The van der Waals surface area contributed by atoms with Gasteiger partial charge in [-0.1, -0.05) is 6.07 Å². The summed E-state index contributed by atoms with van der Waals surface area (Å²) < 4.78 is 6.51. The number of benzene rings is 2. The maximum Gasteiger partial charge on any atom is 0.419 e. The van der Waals surface area contributed by atoms with E-state index in [1.54, 1.807) is 25.2 Å². The van der Waals surface area contributed by atoms with Crippen LogP contribution in [0.2, 0.25) is 0 Å². The second-order valence-electron chi connectivity index (χ2n) is 5.90. The molecule has 0 fully saturated rings. The molecule has 6 heteroatoms. The Morgan fingerprint density at radius 3 is 2.54 bits per heavy atom. The van der Waals surface area contributed by atoms with Gasteiger partial charge >= 0.3 is 5.76 Å². The first-order chi connectivity index (χ1) is 11.4. The molecule has 3 rings (SSSR count). The van der Waals surface area contributed by atoms with Crippen molar-refractivity contribution in [1.29, 1.82) is 0 Å². The SMILES string of the molecule is CN(C)c1ccc(NC(=O)Cc2ccc3oc(=O)n(C)c3c2)cc1. The highest BCUT2D eigenvalue weighted by Crippen LogP contribution is 2.17. The summed E-state index contributed by atoms with van der Waals surface area (Å²) in [7, 11) is 5.57. The summed E-state index contributed by atoms with van der Waals surface area (Å²) in [4.78, 5) is 25.7. The number of hydrogen-bond donors (Lipinski definition) is 1. The molecular formula is C18H19N3O3. The standard InChI is InChI=1S/C18H19N3O3/c1-20(2)14-7-5-13(6-8-14)19-17(22)11-12-4-9-16-15(10-12)21(3)18(23)24-16/h4-10H,11H2,1-3H3,(H,19,22). The van der Waals surface area contributed by atoms with Crippen LogP contribution < -0.4 is 16.0 Å². The number of nitrogens with zero attached hydrogens (tertiary/aromatic N) is 2. The van der Waals surface area contributed by atoms with Crippen LogP contribution in [0.3, 0.4) is 0 Å². The van der Waals surface area contributed by atoms with E-state index in [-0.39, 0.29) is 12.3 Å². The van der Waals surface area contributed by atoms with E-state index in [9.17, 15) is 9.59 Å². The van der Waals surface area contributed by atoms with Gasteiger partial charge in [0.2, 0.25) is 5.91 Å². The molecule has 0 bridgehead atoms. The normalized spacial score (nSPS) is 10.8. The van der Waals surface area contributed by atoms with Gasteiger partial charge in [-0.05, 0) is 42.0 Å². The van der Waals surface area contributed by atoms with Crippen molar-refractivity contribution in [1.82, 2.24) is 4.57 Å². The highest BCUT2D eigenvalue weighted by molar-refractivity contribution is 5.93. The van der Waals surface area contributed by atoms with Gasteiger partial charge in [0.25, 0.3) is 0 Å². The third-order valence-electron chi connectivity index (χ3n) is 3.89. The van der Waals surface area contributed by atoms with E-state index in [4.69, 9.17) is 4.42 Å². The topological polar surface area (TPSA) is 67.5 Å². The predicted octanol–water partition coefficient (Wildman–Crippen LogP) is 2.38. The Labute approximate surface area is 139 Å². The minimum atomic E-state index is -0.410. The van der Waals surface area contributed by atoms with E-state index >= 15 is 0 Å². The zero-order valence-electron chi connectivity index (χ0n) is 13.9. The van der Waals surface area contributed by atoms with Crippen LogP contribution in [0.25, 0.3) is 11.1 Å². The number of carbonyl (C=O) groups excluding carboxylic acids is 1. The summed E-state index contributed by atoms with van der Waals surface area (Å²) in [6.45, 7) is 0. The maximum absolute atomic E-state index is 12.2.